The van der Waals surface area contributed by atoms with E-state index in [-0.39, 0.29) is 10.6 Å². The van der Waals surface area contributed by atoms with E-state index in [2.05, 4.69) is 17.1 Å². The van der Waals surface area contributed by atoms with Crippen LogP contribution in [0, 0.1) is 0 Å². The van der Waals surface area contributed by atoms with Gasteiger partial charge in [0.25, 0.3) is 14.2 Å². The third-order valence-corrected chi connectivity index (χ3v) is 5.12. The molecule has 0 bridgehead atoms. The third-order valence-electron chi connectivity index (χ3n) is 3.96. The zero-order chi connectivity index (χ0) is 13.4. The summed E-state index contributed by atoms with van der Waals surface area (Å²) in [4.78, 5) is 0. The van der Waals surface area contributed by atoms with Gasteiger partial charge in [0.1, 0.15) is 5.82 Å². The van der Waals surface area contributed by atoms with E-state index >= 15 is 0 Å². The van der Waals surface area contributed by atoms with Crippen LogP contribution in [0.25, 0.3) is 0 Å². The summed E-state index contributed by atoms with van der Waals surface area (Å²) in [6.45, 7) is 4.52. The Balaban J connectivity index is 2.55. The second-order valence-corrected chi connectivity index (χ2v) is 7.29. The summed E-state index contributed by atoms with van der Waals surface area (Å²) in [5.74, 6) is 0.782. The van der Waals surface area contributed by atoms with Crippen molar-refractivity contribution in [3.8, 4) is 0 Å². The van der Waals surface area contributed by atoms with Gasteiger partial charge in [-0.05, 0) is 26.2 Å². The van der Waals surface area contributed by atoms with Crippen LogP contribution in [0.1, 0.15) is 51.8 Å². The van der Waals surface area contributed by atoms with Gasteiger partial charge in [-0.2, -0.15) is 0 Å². The van der Waals surface area contributed by atoms with Crippen molar-refractivity contribution in [1.29, 1.82) is 0 Å². The van der Waals surface area contributed by atoms with E-state index in [0.717, 1.165) is 37.9 Å². The number of aromatic nitrogens is 3. The highest BCUT2D eigenvalue weighted by Crippen LogP contribution is 2.43. The lowest BCUT2D eigenvalue weighted by atomic mass is 9.82. The highest BCUT2D eigenvalue weighted by molar-refractivity contribution is 8.13. The topological polar surface area (TPSA) is 64.8 Å². The van der Waals surface area contributed by atoms with Crippen LogP contribution in [0.5, 0.6) is 0 Å². The minimum absolute atomic E-state index is 0.0250. The Labute approximate surface area is 112 Å². The largest absolute Gasteiger partial charge is 0.301 e. The molecule has 1 aromatic heterocycles. The van der Waals surface area contributed by atoms with Gasteiger partial charge in [0.2, 0.25) is 0 Å². The standard InChI is InChI=1S/C11H18ClN3O2S/c1-3-11(7-5-6-8-11)9-13-14-10(15(9)4-2)18(12,16)17/h3-8H2,1-2H3. The van der Waals surface area contributed by atoms with Crippen LogP contribution in [0.3, 0.4) is 0 Å². The predicted molar refractivity (Wildman–Crippen MR) is 69.2 cm³/mol. The minimum Gasteiger partial charge on any atom is -0.301 e. The lowest BCUT2D eigenvalue weighted by Gasteiger charge is -2.26. The molecule has 0 unspecified atom stereocenters. The lowest BCUT2D eigenvalue weighted by Crippen LogP contribution is -2.26. The highest BCUT2D eigenvalue weighted by Gasteiger charge is 2.39. The van der Waals surface area contributed by atoms with E-state index < -0.39 is 9.05 Å². The highest BCUT2D eigenvalue weighted by atomic mass is 35.7. The molecular formula is C11H18ClN3O2S. The molecule has 7 heteroatoms. The Hall–Kier alpha value is -0.620. The van der Waals surface area contributed by atoms with Gasteiger partial charge in [0, 0.05) is 22.6 Å². The molecule has 1 aliphatic carbocycles. The second kappa shape index (κ2) is 4.81. The van der Waals surface area contributed by atoms with Gasteiger partial charge in [-0.1, -0.05) is 19.8 Å². The molecule has 0 aliphatic heterocycles. The maximum Gasteiger partial charge on any atom is 0.296 e. The summed E-state index contributed by atoms with van der Waals surface area (Å²) >= 11 is 0. The second-order valence-electron chi connectivity index (χ2n) is 4.83. The van der Waals surface area contributed by atoms with Crippen LogP contribution >= 0.6 is 10.7 Å². The molecule has 5 nitrogen and oxygen atoms in total. The fraction of sp³-hybridized carbons (Fsp3) is 0.818. The first kappa shape index (κ1) is 13.8. The van der Waals surface area contributed by atoms with Crippen LogP contribution in [-0.4, -0.2) is 23.2 Å². The summed E-state index contributed by atoms with van der Waals surface area (Å²) in [7, 11) is 1.57. The van der Waals surface area contributed by atoms with Gasteiger partial charge in [-0.25, -0.2) is 8.42 Å². The molecule has 0 saturated heterocycles. The molecule has 0 N–H and O–H groups in total. The molecule has 0 radical (unpaired) electrons. The monoisotopic (exact) mass is 291 g/mol. The van der Waals surface area contributed by atoms with Crippen molar-refractivity contribution < 1.29 is 8.42 Å². The molecule has 1 fully saturated rings. The van der Waals surface area contributed by atoms with Gasteiger partial charge in [0.05, 0.1) is 0 Å². The van der Waals surface area contributed by atoms with Gasteiger partial charge in [-0.15, -0.1) is 10.2 Å². The van der Waals surface area contributed by atoms with Crippen molar-refractivity contribution in [2.45, 2.75) is 63.1 Å². The first-order chi connectivity index (χ1) is 8.44. The maximum absolute atomic E-state index is 11.5. The average Bonchev–Trinajstić information content (AvgIpc) is 2.94. The van der Waals surface area contributed by atoms with Crippen LogP contribution < -0.4 is 0 Å². The molecule has 2 rings (SSSR count). The third kappa shape index (κ3) is 2.16. The zero-order valence-electron chi connectivity index (χ0n) is 10.7. The Morgan fingerprint density at radius 3 is 2.33 bits per heavy atom. The number of halogens is 1. The van der Waals surface area contributed by atoms with E-state index in [4.69, 9.17) is 10.7 Å². The van der Waals surface area contributed by atoms with E-state index in [1.54, 1.807) is 4.57 Å². The Kier molecular flexibility index (Phi) is 3.69. The van der Waals surface area contributed by atoms with Gasteiger partial charge >= 0.3 is 0 Å². The molecule has 1 aliphatic rings. The van der Waals surface area contributed by atoms with Gasteiger partial charge in [0.15, 0.2) is 0 Å². The molecule has 0 atom stereocenters. The summed E-state index contributed by atoms with van der Waals surface area (Å²) < 4.78 is 24.6. The van der Waals surface area contributed by atoms with Crippen LogP contribution in [0.15, 0.2) is 5.16 Å². The Morgan fingerprint density at radius 1 is 1.28 bits per heavy atom. The van der Waals surface area contributed by atoms with Crippen molar-refractivity contribution in [1.82, 2.24) is 14.8 Å². The quantitative estimate of drug-likeness (QED) is 0.799. The fourth-order valence-corrected chi connectivity index (χ4v) is 3.89. The van der Waals surface area contributed by atoms with E-state index in [1.807, 2.05) is 6.92 Å². The molecule has 102 valence electrons. The summed E-state index contributed by atoms with van der Waals surface area (Å²) in [6.07, 6.45) is 5.36. The van der Waals surface area contributed by atoms with Crippen molar-refractivity contribution in [3.63, 3.8) is 0 Å². The molecule has 0 aromatic carbocycles. The van der Waals surface area contributed by atoms with Gasteiger partial charge < -0.3 is 4.57 Å². The molecule has 18 heavy (non-hydrogen) atoms. The van der Waals surface area contributed by atoms with Crippen LogP contribution in [0.4, 0.5) is 0 Å². The molecule has 1 heterocycles. The van der Waals surface area contributed by atoms with Crippen molar-refractivity contribution in [2.24, 2.45) is 0 Å². The van der Waals surface area contributed by atoms with Crippen LogP contribution in [-0.2, 0) is 21.0 Å². The Morgan fingerprint density at radius 2 is 1.89 bits per heavy atom. The summed E-state index contributed by atoms with van der Waals surface area (Å²) in [5.41, 5.74) is -0.0250. The molecule has 0 amide bonds. The van der Waals surface area contributed by atoms with E-state index in [1.165, 1.54) is 0 Å². The molecule has 1 aromatic rings. The molecule has 1 saturated carbocycles. The predicted octanol–water partition coefficient (Wildman–Crippen LogP) is 2.45. The summed E-state index contributed by atoms with van der Waals surface area (Å²) in [6, 6.07) is 0. The fourth-order valence-electron chi connectivity index (χ4n) is 2.93. The van der Waals surface area contributed by atoms with Crippen molar-refractivity contribution in [3.05, 3.63) is 5.82 Å². The first-order valence-electron chi connectivity index (χ1n) is 6.33. The molecule has 0 spiro atoms. The number of nitrogens with zero attached hydrogens (tertiary/aromatic N) is 3. The zero-order valence-corrected chi connectivity index (χ0v) is 12.3. The lowest BCUT2D eigenvalue weighted by molar-refractivity contribution is 0.375. The number of hydrogen-bond acceptors (Lipinski definition) is 4. The van der Waals surface area contributed by atoms with Crippen molar-refractivity contribution >= 4 is 19.7 Å². The van der Waals surface area contributed by atoms with E-state index in [9.17, 15) is 8.42 Å². The first-order valence-corrected chi connectivity index (χ1v) is 8.64. The SMILES string of the molecule is CCn1c(C2(CC)CCCC2)nnc1S(=O)(=O)Cl. The molecular weight excluding hydrogens is 274 g/mol. The number of rotatable bonds is 4. The van der Waals surface area contributed by atoms with E-state index in [0.29, 0.717) is 6.54 Å². The smallest absolute Gasteiger partial charge is 0.296 e. The minimum atomic E-state index is -3.83. The summed E-state index contributed by atoms with van der Waals surface area (Å²) in [5, 5.41) is 7.79. The van der Waals surface area contributed by atoms with Crippen LogP contribution in [0.2, 0.25) is 0 Å². The maximum atomic E-state index is 11.5. The Bertz CT molecular complexity index is 532. The average molecular weight is 292 g/mol. The van der Waals surface area contributed by atoms with Gasteiger partial charge in [-0.3, -0.25) is 0 Å². The number of hydrogen-bond donors (Lipinski definition) is 0. The van der Waals surface area contributed by atoms with Crippen molar-refractivity contribution in [2.75, 3.05) is 0 Å². The normalized spacial score (nSPS) is 19.3.